The van der Waals surface area contributed by atoms with Crippen molar-refractivity contribution in [2.75, 3.05) is 24.1 Å². The average Bonchev–Trinajstić information content (AvgIpc) is 3.72. The lowest BCUT2D eigenvalue weighted by atomic mass is 10.0. The normalized spacial score (nSPS) is 20.5. The lowest BCUT2D eigenvalue weighted by Gasteiger charge is -2.24. The van der Waals surface area contributed by atoms with Gasteiger partial charge in [-0.1, -0.05) is 75.6 Å². The highest BCUT2D eigenvalue weighted by Crippen LogP contribution is 2.25. The van der Waals surface area contributed by atoms with Gasteiger partial charge in [0, 0.05) is 42.7 Å². The Labute approximate surface area is 321 Å². The molecule has 0 bridgehead atoms. The van der Waals surface area contributed by atoms with Gasteiger partial charge in [0.2, 0.25) is 23.6 Å². The molecule has 12 heteroatoms. The van der Waals surface area contributed by atoms with Crippen LogP contribution < -0.4 is 11.5 Å². The quantitative estimate of drug-likeness (QED) is 0.0746. The summed E-state index contributed by atoms with van der Waals surface area (Å²) in [5.74, 6) is 0.956. The van der Waals surface area contributed by atoms with Gasteiger partial charge in [-0.3, -0.25) is 24.0 Å². The van der Waals surface area contributed by atoms with Gasteiger partial charge in [0.25, 0.3) is 0 Å². The molecule has 11 nitrogen and oxygen atoms in total. The molecular formula is C39H67IN4O7. The third-order valence-corrected chi connectivity index (χ3v) is 9.64. The molecule has 6 atom stereocenters. The first-order valence-electron chi connectivity index (χ1n) is 17.0. The van der Waals surface area contributed by atoms with Crippen molar-refractivity contribution < 1.29 is 33.5 Å². The van der Waals surface area contributed by atoms with Crippen molar-refractivity contribution in [3.63, 3.8) is 0 Å². The number of alkyl halides is 1. The van der Waals surface area contributed by atoms with Crippen molar-refractivity contribution in [2.45, 2.75) is 112 Å². The lowest BCUT2D eigenvalue weighted by Crippen LogP contribution is -2.45. The number of Topliss-reactive ketones (excluding diaryl/α,β-unsaturated/α-hetero) is 1. The summed E-state index contributed by atoms with van der Waals surface area (Å²) in [6.07, 6.45) is 14.3. The fourth-order valence-corrected chi connectivity index (χ4v) is 6.62. The molecule has 2 unspecified atom stereocenters. The maximum absolute atomic E-state index is 11.6. The van der Waals surface area contributed by atoms with E-state index in [1.54, 1.807) is 16.7 Å². The molecule has 0 aliphatic carbocycles. The molecule has 0 aromatic heterocycles. The van der Waals surface area contributed by atoms with Gasteiger partial charge in [0.1, 0.15) is 17.9 Å². The standard InChI is InChI=1S/2C11H18N2O2.C8H13IO.C7H10O2.2CH4/c2*1-3-5-8-6-10(14)13(7-8)9(4-2)11(12)15;1-3-4-8(6-9)5-7(2)10;1-2-3-6-4-7(8)9-5-6;;/h2*3,8-9H,1,4-7H2,2H3,(H2,12,15);3,8H,1,4-6H2,2H3;2,6H,1,3-5H2;2*1H4/t8-,9+;8-,9-;;;;/m10..../s1. The number of carbonyl (C=O) groups is 6. The number of carbonyl (C=O) groups excluding carboxylic acids is 6. The number of nitrogens with zero attached hydrogens (tertiary/aromatic N) is 2. The first-order valence-corrected chi connectivity index (χ1v) is 18.6. The van der Waals surface area contributed by atoms with E-state index in [0.29, 0.717) is 81.9 Å². The molecule has 51 heavy (non-hydrogen) atoms. The number of rotatable bonds is 17. The van der Waals surface area contributed by atoms with Gasteiger partial charge in [0.15, 0.2) is 0 Å². The van der Waals surface area contributed by atoms with E-state index >= 15 is 0 Å². The summed E-state index contributed by atoms with van der Waals surface area (Å²) >= 11 is 2.31. The summed E-state index contributed by atoms with van der Waals surface area (Å²) in [5.41, 5.74) is 10.5. The van der Waals surface area contributed by atoms with Gasteiger partial charge in [0.05, 0.1) is 13.0 Å². The molecule has 3 aliphatic rings. The average molecular weight is 831 g/mol. The second kappa shape index (κ2) is 29.3. The molecule has 0 radical (unpaired) electrons. The maximum atomic E-state index is 11.6. The fraction of sp³-hybridized carbons (Fsp3) is 0.641. The van der Waals surface area contributed by atoms with E-state index in [1.165, 1.54) is 0 Å². The second-order valence-electron chi connectivity index (χ2n) is 12.7. The van der Waals surface area contributed by atoms with Crippen molar-refractivity contribution >= 4 is 58.0 Å². The molecule has 3 fully saturated rings. The van der Waals surface area contributed by atoms with Crippen LogP contribution in [-0.2, 0) is 33.5 Å². The third kappa shape index (κ3) is 20.4. The number of ether oxygens (including phenoxy) is 1. The predicted octanol–water partition coefficient (Wildman–Crippen LogP) is 6.34. The van der Waals surface area contributed by atoms with Crippen molar-refractivity contribution in [3.8, 4) is 0 Å². The summed E-state index contributed by atoms with van der Waals surface area (Å²) in [6.45, 7) is 21.8. The number of amides is 4. The van der Waals surface area contributed by atoms with E-state index in [9.17, 15) is 28.8 Å². The summed E-state index contributed by atoms with van der Waals surface area (Å²) in [5, 5.41) is 0. The van der Waals surface area contributed by atoms with E-state index in [-0.39, 0.29) is 38.4 Å². The van der Waals surface area contributed by atoms with Crippen LogP contribution in [0.25, 0.3) is 0 Å². The summed E-state index contributed by atoms with van der Waals surface area (Å²) in [6, 6.07) is -0.875. The fourth-order valence-electron chi connectivity index (χ4n) is 5.95. The lowest BCUT2D eigenvalue weighted by molar-refractivity contribution is -0.138. The molecule has 3 saturated heterocycles. The number of halogens is 1. The molecule has 0 saturated carbocycles. The predicted molar refractivity (Wildman–Crippen MR) is 216 cm³/mol. The van der Waals surface area contributed by atoms with Crippen LogP contribution in [-0.4, -0.2) is 81.4 Å². The molecular weight excluding hydrogens is 763 g/mol. The topological polar surface area (TPSA) is 170 Å². The zero-order chi connectivity index (χ0) is 37.5. The van der Waals surface area contributed by atoms with Gasteiger partial charge in [-0.25, -0.2) is 0 Å². The molecule has 3 rings (SSSR count). The molecule has 0 aromatic carbocycles. The summed E-state index contributed by atoms with van der Waals surface area (Å²) in [7, 11) is 0. The zero-order valence-electron chi connectivity index (χ0n) is 29.8. The van der Waals surface area contributed by atoms with E-state index in [4.69, 9.17) is 16.2 Å². The highest BCUT2D eigenvalue weighted by Gasteiger charge is 2.36. The Kier molecular flexibility index (Phi) is 29.9. The third-order valence-electron chi connectivity index (χ3n) is 8.39. The monoisotopic (exact) mass is 830 g/mol. The van der Waals surface area contributed by atoms with Gasteiger partial charge >= 0.3 is 5.97 Å². The van der Waals surface area contributed by atoms with E-state index < -0.39 is 23.9 Å². The molecule has 0 spiro atoms. The Morgan fingerprint density at radius 3 is 1.47 bits per heavy atom. The highest BCUT2D eigenvalue weighted by atomic mass is 127. The number of allylic oxidation sites excluding steroid dienone is 4. The molecule has 4 N–H and O–H groups in total. The van der Waals surface area contributed by atoms with Gasteiger partial charge in [-0.05, 0) is 63.2 Å². The number of ketones is 1. The first kappa shape index (κ1) is 52.1. The van der Waals surface area contributed by atoms with Crippen LogP contribution in [0.3, 0.4) is 0 Å². The van der Waals surface area contributed by atoms with Gasteiger partial charge in [-0.15, -0.1) is 26.3 Å². The summed E-state index contributed by atoms with van der Waals surface area (Å²) in [4.78, 5) is 69.9. The number of likely N-dealkylation sites (tertiary alicyclic amines) is 2. The minimum atomic E-state index is -0.438. The van der Waals surface area contributed by atoms with Gasteiger partial charge in [-0.2, -0.15) is 0 Å². The Hall–Kier alpha value is -3.29. The molecule has 3 aliphatic heterocycles. The number of hydrogen-bond donors (Lipinski definition) is 2. The van der Waals surface area contributed by atoms with E-state index in [2.05, 4.69) is 48.9 Å². The molecule has 3 heterocycles. The van der Waals surface area contributed by atoms with Crippen LogP contribution >= 0.6 is 22.6 Å². The number of hydrogen-bond acceptors (Lipinski definition) is 7. The number of esters is 1. The van der Waals surface area contributed by atoms with Crippen LogP contribution in [0.2, 0.25) is 0 Å². The Morgan fingerprint density at radius 1 is 0.784 bits per heavy atom. The van der Waals surface area contributed by atoms with Crippen LogP contribution in [0.5, 0.6) is 0 Å². The van der Waals surface area contributed by atoms with Crippen LogP contribution in [0, 0.1) is 23.7 Å². The molecule has 0 aromatic rings. The van der Waals surface area contributed by atoms with Gasteiger partial charge < -0.3 is 30.8 Å². The SMILES string of the molecule is C.C.C=CCC(CI)CC(C)=O.C=CCC1COC(=O)C1.C=CC[C@@H]1CC(=O)N([C@@H](CC)C(N)=O)C1.C=CC[C@H]1CC(=O)N([C@@H](CC)C(N)=O)C1. The molecule has 4 amide bonds. The number of primary amides is 2. The number of nitrogens with two attached hydrogens (primary N) is 2. The minimum Gasteiger partial charge on any atom is -0.465 e. The Morgan fingerprint density at radius 2 is 1.20 bits per heavy atom. The van der Waals surface area contributed by atoms with E-state index in [1.807, 2.05) is 38.2 Å². The maximum Gasteiger partial charge on any atom is 0.306 e. The summed E-state index contributed by atoms with van der Waals surface area (Å²) < 4.78 is 5.78. The minimum absolute atomic E-state index is 0. The highest BCUT2D eigenvalue weighted by molar-refractivity contribution is 14.1. The van der Waals surface area contributed by atoms with E-state index in [0.717, 1.165) is 30.1 Å². The Balaban J connectivity index is -0.000000608. The van der Waals surface area contributed by atoms with Crippen molar-refractivity contribution in [1.82, 2.24) is 9.80 Å². The largest absolute Gasteiger partial charge is 0.465 e. The zero-order valence-corrected chi connectivity index (χ0v) is 31.9. The smallest absolute Gasteiger partial charge is 0.306 e. The Bertz CT molecular complexity index is 1090. The molecule has 292 valence electrons. The second-order valence-corrected chi connectivity index (χ2v) is 13.5. The van der Waals surface area contributed by atoms with Crippen molar-refractivity contribution in [2.24, 2.45) is 35.1 Å². The van der Waals surface area contributed by atoms with Crippen LogP contribution in [0.1, 0.15) is 99.8 Å². The van der Waals surface area contributed by atoms with Crippen LogP contribution in [0.15, 0.2) is 50.6 Å². The van der Waals surface area contributed by atoms with Crippen molar-refractivity contribution in [3.05, 3.63) is 50.6 Å². The first-order chi connectivity index (χ1) is 23.2. The van der Waals surface area contributed by atoms with Crippen molar-refractivity contribution in [1.29, 1.82) is 0 Å². The number of cyclic esters (lactones) is 1. The van der Waals surface area contributed by atoms with Crippen LogP contribution in [0.4, 0.5) is 0 Å².